The molecule has 0 bridgehead atoms. The number of hydrogen-bond acceptors (Lipinski definition) is 2. The standard InChI is InChI=1S/C13H22N4/c1-3-17(2)10-9-15-13(14)16-11-12-7-5-4-6-8-12/h4-8H,3,9-11H2,1-2H3,(H3,14,15,16). The second kappa shape index (κ2) is 7.68. The second-order valence-electron chi connectivity index (χ2n) is 4.01. The van der Waals surface area contributed by atoms with Crippen LogP contribution in [0.15, 0.2) is 35.3 Å². The third-order valence-electron chi connectivity index (χ3n) is 2.61. The van der Waals surface area contributed by atoms with Gasteiger partial charge in [0.05, 0.1) is 6.54 Å². The highest BCUT2D eigenvalue weighted by atomic mass is 15.1. The van der Waals surface area contributed by atoms with Gasteiger partial charge in [-0.2, -0.15) is 0 Å². The Balaban J connectivity index is 2.25. The van der Waals surface area contributed by atoms with Gasteiger partial charge in [0.25, 0.3) is 0 Å². The largest absolute Gasteiger partial charge is 0.370 e. The Labute approximate surface area is 104 Å². The molecule has 0 heterocycles. The van der Waals surface area contributed by atoms with Crippen LogP contribution in [0.4, 0.5) is 0 Å². The van der Waals surface area contributed by atoms with Crippen LogP contribution in [0.25, 0.3) is 0 Å². The molecule has 0 unspecified atom stereocenters. The topological polar surface area (TPSA) is 53.6 Å². The van der Waals surface area contributed by atoms with E-state index in [0.717, 1.165) is 19.6 Å². The number of likely N-dealkylation sites (N-methyl/N-ethyl adjacent to an activating group) is 1. The second-order valence-corrected chi connectivity index (χ2v) is 4.01. The summed E-state index contributed by atoms with van der Waals surface area (Å²) in [5.74, 6) is 0.512. The maximum absolute atomic E-state index is 5.77. The number of aliphatic imine (C=N–C) groups is 1. The van der Waals surface area contributed by atoms with E-state index in [1.54, 1.807) is 0 Å². The molecule has 1 rings (SSSR count). The van der Waals surface area contributed by atoms with Gasteiger partial charge >= 0.3 is 0 Å². The zero-order valence-electron chi connectivity index (χ0n) is 10.7. The van der Waals surface area contributed by atoms with Crippen LogP contribution < -0.4 is 11.1 Å². The molecule has 0 aliphatic heterocycles. The Kier molecular flexibility index (Phi) is 6.10. The molecule has 0 saturated heterocycles. The van der Waals surface area contributed by atoms with Gasteiger partial charge in [0.1, 0.15) is 0 Å². The van der Waals surface area contributed by atoms with Crippen LogP contribution in [-0.4, -0.2) is 37.5 Å². The van der Waals surface area contributed by atoms with Crippen molar-refractivity contribution in [1.82, 2.24) is 10.2 Å². The molecule has 4 nitrogen and oxygen atoms in total. The molecule has 0 aromatic heterocycles. The lowest BCUT2D eigenvalue weighted by Crippen LogP contribution is -2.37. The van der Waals surface area contributed by atoms with Crippen LogP contribution in [0.5, 0.6) is 0 Å². The molecule has 0 saturated carbocycles. The summed E-state index contributed by atoms with van der Waals surface area (Å²) in [6, 6.07) is 10.1. The molecule has 4 heteroatoms. The predicted octanol–water partition coefficient (Wildman–Crippen LogP) is 1.04. The maximum Gasteiger partial charge on any atom is 0.188 e. The third kappa shape index (κ3) is 5.92. The summed E-state index contributed by atoms with van der Waals surface area (Å²) >= 11 is 0. The zero-order valence-corrected chi connectivity index (χ0v) is 10.7. The molecule has 0 aliphatic rings. The van der Waals surface area contributed by atoms with Crippen molar-refractivity contribution < 1.29 is 0 Å². The molecule has 17 heavy (non-hydrogen) atoms. The van der Waals surface area contributed by atoms with Crippen LogP contribution in [0, 0.1) is 0 Å². The highest BCUT2D eigenvalue weighted by molar-refractivity contribution is 5.77. The number of nitrogens with one attached hydrogen (secondary N) is 1. The van der Waals surface area contributed by atoms with E-state index in [1.807, 2.05) is 30.3 Å². The Bertz CT molecular complexity index is 335. The Hall–Kier alpha value is -1.55. The van der Waals surface area contributed by atoms with E-state index in [-0.39, 0.29) is 0 Å². The van der Waals surface area contributed by atoms with Gasteiger partial charge in [-0.25, -0.2) is 4.99 Å². The molecule has 0 fully saturated rings. The fourth-order valence-electron chi connectivity index (χ4n) is 1.35. The summed E-state index contributed by atoms with van der Waals surface area (Å²) in [5.41, 5.74) is 6.94. The molecule has 1 aromatic carbocycles. The average molecular weight is 234 g/mol. The summed E-state index contributed by atoms with van der Waals surface area (Å²) in [6.07, 6.45) is 0. The van der Waals surface area contributed by atoms with E-state index >= 15 is 0 Å². The van der Waals surface area contributed by atoms with E-state index in [4.69, 9.17) is 5.73 Å². The molecule has 0 amide bonds. The average Bonchev–Trinajstić information content (AvgIpc) is 2.37. The quantitative estimate of drug-likeness (QED) is 0.571. The molecule has 0 atom stereocenters. The summed E-state index contributed by atoms with van der Waals surface area (Å²) in [4.78, 5) is 6.50. The summed E-state index contributed by atoms with van der Waals surface area (Å²) in [6.45, 7) is 5.60. The minimum atomic E-state index is 0.512. The lowest BCUT2D eigenvalue weighted by Gasteiger charge is -2.14. The van der Waals surface area contributed by atoms with Crippen LogP contribution in [0.3, 0.4) is 0 Å². The van der Waals surface area contributed by atoms with E-state index in [9.17, 15) is 0 Å². The maximum atomic E-state index is 5.77. The Morgan fingerprint density at radius 2 is 2.06 bits per heavy atom. The number of hydrogen-bond donors (Lipinski definition) is 2. The van der Waals surface area contributed by atoms with Crippen LogP contribution in [-0.2, 0) is 6.54 Å². The van der Waals surface area contributed by atoms with Gasteiger partial charge in [0.2, 0.25) is 0 Å². The lowest BCUT2D eigenvalue weighted by molar-refractivity contribution is 0.357. The van der Waals surface area contributed by atoms with E-state index in [1.165, 1.54) is 5.56 Å². The minimum Gasteiger partial charge on any atom is -0.370 e. The van der Waals surface area contributed by atoms with Crippen molar-refractivity contribution >= 4 is 5.96 Å². The van der Waals surface area contributed by atoms with Crippen molar-refractivity contribution in [2.75, 3.05) is 26.7 Å². The van der Waals surface area contributed by atoms with Gasteiger partial charge < -0.3 is 16.0 Å². The highest BCUT2D eigenvalue weighted by Gasteiger charge is 1.95. The number of rotatable bonds is 6. The smallest absolute Gasteiger partial charge is 0.188 e. The SMILES string of the molecule is CCN(C)CCNC(N)=NCc1ccccc1. The monoisotopic (exact) mass is 234 g/mol. The van der Waals surface area contributed by atoms with E-state index in [0.29, 0.717) is 12.5 Å². The van der Waals surface area contributed by atoms with E-state index in [2.05, 4.69) is 29.2 Å². The third-order valence-corrected chi connectivity index (χ3v) is 2.61. The fourth-order valence-corrected chi connectivity index (χ4v) is 1.35. The normalized spacial score (nSPS) is 11.8. The first kappa shape index (κ1) is 13.5. The molecule has 94 valence electrons. The number of benzene rings is 1. The first-order valence-electron chi connectivity index (χ1n) is 5.98. The summed E-state index contributed by atoms with van der Waals surface area (Å²) in [7, 11) is 2.08. The lowest BCUT2D eigenvalue weighted by atomic mass is 10.2. The van der Waals surface area contributed by atoms with Gasteiger partial charge in [-0.15, -0.1) is 0 Å². The van der Waals surface area contributed by atoms with E-state index < -0.39 is 0 Å². The summed E-state index contributed by atoms with van der Waals surface area (Å²) in [5, 5.41) is 3.10. The summed E-state index contributed by atoms with van der Waals surface area (Å²) < 4.78 is 0. The number of guanidine groups is 1. The van der Waals surface area contributed by atoms with Crippen molar-refractivity contribution in [2.24, 2.45) is 10.7 Å². The highest BCUT2D eigenvalue weighted by Crippen LogP contribution is 1.99. The van der Waals surface area contributed by atoms with Crippen molar-refractivity contribution in [2.45, 2.75) is 13.5 Å². The number of nitrogens with zero attached hydrogens (tertiary/aromatic N) is 2. The molecule has 0 aliphatic carbocycles. The van der Waals surface area contributed by atoms with Gasteiger partial charge in [-0.05, 0) is 19.2 Å². The van der Waals surface area contributed by atoms with Gasteiger partial charge in [0.15, 0.2) is 5.96 Å². The molecule has 1 aromatic rings. The van der Waals surface area contributed by atoms with Crippen molar-refractivity contribution in [1.29, 1.82) is 0 Å². The Morgan fingerprint density at radius 3 is 2.71 bits per heavy atom. The Morgan fingerprint density at radius 1 is 1.35 bits per heavy atom. The van der Waals surface area contributed by atoms with Gasteiger partial charge in [0, 0.05) is 13.1 Å². The van der Waals surface area contributed by atoms with Gasteiger partial charge in [-0.3, -0.25) is 0 Å². The fraction of sp³-hybridized carbons (Fsp3) is 0.462. The van der Waals surface area contributed by atoms with Crippen molar-refractivity contribution in [3.05, 3.63) is 35.9 Å². The van der Waals surface area contributed by atoms with Crippen molar-refractivity contribution in [3.8, 4) is 0 Å². The predicted molar refractivity (Wildman–Crippen MR) is 72.9 cm³/mol. The molecule has 0 spiro atoms. The first-order valence-corrected chi connectivity index (χ1v) is 5.98. The van der Waals surface area contributed by atoms with Gasteiger partial charge in [-0.1, -0.05) is 37.3 Å². The van der Waals surface area contributed by atoms with Crippen molar-refractivity contribution in [3.63, 3.8) is 0 Å². The minimum absolute atomic E-state index is 0.512. The zero-order chi connectivity index (χ0) is 12.5. The van der Waals surface area contributed by atoms with Crippen LogP contribution in [0.2, 0.25) is 0 Å². The molecular formula is C13H22N4. The molecule has 0 radical (unpaired) electrons. The van der Waals surface area contributed by atoms with Crippen LogP contribution in [0.1, 0.15) is 12.5 Å². The number of nitrogens with two attached hydrogens (primary N) is 1. The first-order chi connectivity index (χ1) is 8.22. The van der Waals surface area contributed by atoms with Crippen LogP contribution >= 0.6 is 0 Å². The molecule has 3 N–H and O–H groups in total. The molecular weight excluding hydrogens is 212 g/mol.